The highest BCUT2D eigenvalue weighted by Crippen LogP contribution is 2.10. The van der Waals surface area contributed by atoms with Crippen molar-refractivity contribution in [3.8, 4) is 0 Å². The van der Waals surface area contributed by atoms with Gasteiger partial charge >= 0.3 is 5.97 Å². The summed E-state index contributed by atoms with van der Waals surface area (Å²) in [7, 11) is 1.73. The lowest BCUT2D eigenvalue weighted by molar-refractivity contribution is -0.161. The lowest BCUT2D eigenvalue weighted by Gasteiger charge is -2.22. The number of hydrogen-bond donors (Lipinski definition) is 2. The second-order valence-corrected chi connectivity index (χ2v) is 3.97. The van der Waals surface area contributed by atoms with Crippen LogP contribution in [0.25, 0.3) is 0 Å². The molecule has 0 aromatic carbocycles. The first-order valence-electron chi connectivity index (χ1n) is 4.39. The third kappa shape index (κ3) is 5.60. The summed E-state index contributed by atoms with van der Waals surface area (Å²) in [5.74, 6) is -0.825. The molecule has 2 N–H and O–H groups in total. The molecule has 4 heteroatoms. The van der Waals surface area contributed by atoms with E-state index in [0.717, 1.165) is 0 Å². The molecule has 1 atom stereocenters. The highest BCUT2D eigenvalue weighted by Gasteiger charge is 2.23. The molecule has 0 aromatic rings. The fourth-order valence-corrected chi connectivity index (χ4v) is 0.854. The average Bonchev–Trinajstić information content (AvgIpc) is 1.96. The van der Waals surface area contributed by atoms with Crippen LogP contribution in [-0.4, -0.2) is 36.9 Å². The third-order valence-electron chi connectivity index (χ3n) is 1.41. The number of nitrogens with one attached hydrogen (secondary N) is 1. The van der Waals surface area contributed by atoms with Crippen molar-refractivity contribution in [2.45, 2.75) is 26.4 Å². The molecule has 13 heavy (non-hydrogen) atoms. The molecule has 0 radical (unpaired) electrons. The lowest BCUT2D eigenvalue weighted by atomic mass is 10.1. The van der Waals surface area contributed by atoms with Crippen LogP contribution in [0.1, 0.15) is 20.8 Å². The molecule has 0 spiro atoms. The maximum Gasteiger partial charge on any atom is 0.313 e. The van der Waals surface area contributed by atoms with E-state index in [4.69, 9.17) is 9.84 Å². The number of ether oxygens (including phenoxy) is 1. The van der Waals surface area contributed by atoms with Gasteiger partial charge in [0.2, 0.25) is 0 Å². The third-order valence-corrected chi connectivity index (χ3v) is 1.41. The van der Waals surface area contributed by atoms with Gasteiger partial charge in [0.05, 0.1) is 12.5 Å². The van der Waals surface area contributed by atoms with Crippen molar-refractivity contribution in [3.05, 3.63) is 0 Å². The van der Waals surface area contributed by atoms with Crippen LogP contribution in [0.2, 0.25) is 0 Å². The van der Waals surface area contributed by atoms with E-state index in [2.05, 4.69) is 5.32 Å². The van der Waals surface area contributed by atoms with E-state index >= 15 is 0 Å². The van der Waals surface area contributed by atoms with Crippen LogP contribution in [-0.2, 0) is 9.53 Å². The van der Waals surface area contributed by atoms with Crippen LogP contribution in [0.3, 0.4) is 0 Å². The summed E-state index contributed by atoms with van der Waals surface area (Å²) in [6, 6.07) is 0. The summed E-state index contributed by atoms with van der Waals surface area (Å²) in [6.45, 7) is 5.66. The van der Waals surface area contributed by atoms with Gasteiger partial charge in [-0.1, -0.05) is 0 Å². The van der Waals surface area contributed by atoms with Crippen LogP contribution < -0.4 is 5.32 Å². The van der Waals surface area contributed by atoms with Crippen molar-refractivity contribution in [2.75, 3.05) is 20.2 Å². The Bertz CT molecular complexity index is 163. The minimum absolute atomic E-state index is 0.185. The summed E-state index contributed by atoms with van der Waals surface area (Å²) < 4.78 is 5.10. The number of aliphatic hydroxyl groups is 1. The molecule has 0 aromatic heterocycles. The molecule has 0 bridgehead atoms. The number of carbonyl (C=O) groups excluding carboxylic acids is 1. The predicted molar refractivity (Wildman–Crippen MR) is 50.3 cm³/mol. The van der Waals surface area contributed by atoms with E-state index in [1.165, 1.54) is 0 Å². The van der Waals surface area contributed by atoms with Gasteiger partial charge in [0.25, 0.3) is 0 Å². The summed E-state index contributed by atoms with van der Waals surface area (Å²) in [5.41, 5.74) is -0.488. The molecule has 78 valence electrons. The van der Waals surface area contributed by atoms with Gasteiger partial charge in [-0.3, -0.25) is 4.79 Å². The molecular weight excluding hydrogens is 170 g/mol. The Morgan fingerprint density at radius 3 is 2.38 bits per heavy atom. The Kier molecular flexibility index (Phi) is 4.95. The number of esters is 1. The van der Waals surface area contributed by atoms with Gasteiger partial charge in [0, 0.05) is 6.54 Å². The molecule has 4 nitrogen and oxygen atoms in total. The van der Waals surface area contributed by atoms with E-state index in [-0.39, 0.29) is 12.6 Å². The first-order chi connectivity index (χ1) is 5.90. The summed E-state index contributed by atoms with van der Waals surface area (Å²) in [5, 5.41) is 11.7. The Balaban J connectivity index is 4.06. The molecular formula is C9H19NO3. The summed E-state index contributed by atoms with van der Waals surface area (Å²) >= 11 is 0. The van der Waals surface area contributed by atoms with E-state index in [1.807, 2.05) is 0 Å². The van der Waals surface area contributed by atoms with E-state index in [1.54, 1.807) is 27.8 Å². The Morgan fingerprint density at radius 1 is 1.54 bits per heavy atom. The lowest BCUT2D eigenvalue weighted by Crippen LogP contribution is -2.35. The van der Waals surface area contributed by atoms with Crippen molar-refractivity contribution in [2.24, 2.45) is 5.92 Å². The molecule has 0 heterocycles. The van der Waals surface area contributed by atoms with Gasteiger partial charge in [-0.2, -0.15) is 0 Å². The van der Waals surface area contributed by atoms with E-state index < -0.39 is 11.5 Å². The second-order valence-electron chi connectivity index (χ2n) is 3.97. The smallest absolute Gasteiger partial charge is 0.313 e. The van der Waals surface area contributed by atoms with Gasteiger partial charge in [-0.25, -0.2) is 0 Å². The molecule has 0 saturated heterocycles. The maximum absolute atomic E-state index is 11.4. The van der Waals surface area contributed by atoms with Crippen LogP contribution in [0.15, 0.2) is 0 Å². The quantitative estimate of drug-likeness (QED) is 0.618. The molecule has 0 aliphatic rings. The van der Waals surface area contributed by atoms with Crippen molar-refractivity contribution < 1.29 is 14.6 Å². The van der Waals surface area contributed by atoms with Crippen molar-refractivity contribution in [1.82, 2.24) is 5.32 Å². The average molecular weight is 189 g/mol. The minimum atomic E-state index is -0.488. The van der Waals surface area contributed by atoms with Gasteiger partial charge in [-0.15, -0.1) is 0 Å². The molecule has 0 amide bonds. The number of rotatable bonds is 4. The molecule has 1 unspecified atom stereocenters. The van der Waals surface area contributed by atoms with E-state index in [9.17, 15) is 4.79 Å². The number of hydrogen-bond acceptors (Lipinski definition) is 4. The summed E-state index contributed by atoms with van der Waals surface area (Å²) in [6.07, 6.45) is 0. The monoisotopic (exact) mass is 189 g/mol. The second kappa shape index (κ2) is 5.19. The maximum atomic E-state index is 11.4. The normalized spacial score (nSPS) is 13.9. The predicted octanol–water partition coefficient (Wildman–Crippen LogP) is 0.156. The fraction of sp³-hybridized carbons (Fsp3) is 0.889. The highest BCUT2D eigenvalue weighted by molar-refractivity contribution is 5.73. The highest BCUT2D eigenvalue weighted by atomic mass is 16.6. The SMILES string of the molecule is CNCC(CO)C(=O)OC(C)(C)C. The van der Waals surface area contributed by atoms with Crippen molar-refractivity contribution >= 4 is 5.97 Å². The zero-order chi connectivity index (χ0) is 10.5. The van der Waals surface area contributed by atoms with Crippen LogP contribution >= 0.6 is 0 Å². The Hall–Kier alpha value is -0.610. The summed E-state index contributed by atoms with van der Waals surface area (Å²) in [4.78, 5) is 11.4. The first kappa shape index (κ1) is 12.4. The van der Waals surface area contributed by atoms with Gasteiger partial charge in [0.15, 0.2) is 0 Å². The fourth-order valence-electron chi connectivity index (χ4n) is 0.854. The van der Waals surface area contributed by atoms with Crippen LogP contribution in [0, 0.1) is 5.92 Å². The number of carbonyl (C=O) groups is 1. The number of aliphatic hydroxyl groups excluding tert-OH is 1. The van der Waals surface area contributed by atoms with Gasteiger partial charge < -0.3 is 15.2 Å². The zero-order valence-electron chi connectivity index (χ0n) is 8.76. The minimum Gasteiger partial charge on any atom is -0.460 e. The van der Waals surface area contributed by atoms with Crippen molar-refractivity contribution in [3.63, 3.8) is 0 Å². The first-order valence-corrected chi connectivity index (χ1v) is 4.39. The Morgan fingerprint density at radius 2 is 2.08 bits per heavy atom. The van der Waals surface area contributed by atoms with Gasteiger partial charge in [-0.05, 0) is 27.8 Å². The Labute approximate surface area is 79.3 Å². The van der Waals surface area contributed by atoms with E-state index in [0.29, 0.717) is 6.54 Å². The largest absolute Gasteiger partial charge is 0.460 e. The molecule has 0 fully saturated rings. The van der Waals surface area contributed by atoms with Gasteiger partial charge in [0.1, 0.15) is 5.60 Å². The molecule has 0 aliphatic carbocycles. The topological polar surface area (TPSA) is 58.6 Å². The zero-order valence-corrected chi connectivity index (χ0v) is 8.76. The molecule has 0 saturated carbocycles. The standard InChI is InChI=1S/C9H19NO3/c1-9(2,3)13-8(12)7(6-11)5-10-4/h7,10-11H,5-6H2,1-4H3. The molecule has 0 aliphatic heterocycles. The van der Waals surface area contributed by atoms with Crippen LogP contribution in [0.4, 0.5) is 0 Å². The molecule has 0 rings (SSSR count). The van der Waals surface area contributed by atoms with Crippen LogP contribution in [0.5, 0.6) is 0 Å². The van der Waals surface area contributed by atoms with Crippen molar-refractivity contribution in [1.29, 1.82) is 0 Å².